The molecule has 2 nitrogen and oxygen atoms in total. The van der Waals surface area contributed by atoms with E-state index in [-0.39, 0.29) is 10.8 Å². The van der Waals surface area contributed by atoms with E-state index in [1.807, 2.05) is 6.20 Å². The van der Waals surface area contributed by atoms with Crippen molar-refractivity contribution in [3.05, 3.63) is 58.7 Å². The van der Waals surface area contributed by atoms with E-state index >= 15 is 0 Å². The van der Waals surface area contributed by atoms with E-state index in [9.17, 15) is 0 Å². The van der Waals surface area contributed by atoms with Gasteiger partial charge in [-0.25, -0.2) is 0 Å². The molecule has 26 heavy (non-hydrogen) atoms. The number of nitrogens with zero attached hydrogens (tertiary/aromatic N) is 2. The molecule has 2 aromatic heterocycles. The Kier molecular flexibility index (Phi) is 4.75. The molecular formula is C24H34N2. The van der Waals surface area contributed by atoms with Crippen LogP contribution in [0.3, 0.4) is 0 Å². The third kappa shape index (κ3) is 3.56. The topological polar surface area (TPSA) is 25.8 Å². The van der Waals surface area contributed by atoms with Crippen molar-refractivity contribution in [1.29, 1.82) is 0 Å². The Hall–Kier alpha value is -1.70. The summed E-state index contributed by atoms with van der Waals surface area (Å²) in [5.41, 5.74) is 7.28. The molecule has 2 heterocycles. The molecule has 1 fully saturated rings. The van der Waals surface area contributed by atoms with E-state index in [2.05, 4.69) is 84.9 Å². The van der Waals surface area contributed by atoms with E-state index in [1.54, 1.807) is 0 Å². The van der Waals surface area contributed by atoms with Crippen molar-refractivity contribution in [2.24, 2.45) is 0 Å². The van der Waals surface area contributed by atoms with Crippen LogP contribution in [-0.4, -0.2) is 9.97 Å². The molecule has 0 radical (unpaired) electrons. The summed E-state index contributed by atoms with van der Waals surface area (Å²) in [6.07, 6.45) is 7.34. The van der Waals surface area contributed by atoms with Crippen molar-refractivity contribution in [2.75, 3.05) is 0 Å². The molecule has 3 rings (SSSR count). The van der Waals surface area contributed by atoms with Crippen molar-refractivity contribution in [3.8, 4) is 0 Å². The summed E-state index contributed by atoms with van der Waals surface area (Å²) >= 11 is 0. The molecule has 0 amide bonds. The maximum atomic E-state index is 4.81. The molecule has 2 unspecified atom stereocenters. The fourth-order valence-corrected chi connectivity index (χ4v) is 4.27. The molecule has 2 heteroatoms. The van der Waals surface area contributed by atoms with Gasteiger partial charge in [-0.15, -0.1) is 0 Å². The minimum atomic E-state index is 0.127. The SMILES string of the molecule is CC(C)c1cncc(C2CC2c2ncccc2C(C)(C)C)c1C(C)(C)C. The number of hydrogen-bond donors (Lipinski definition) is 0. The molecule has 140 valence electrons. The van der Waals surface area contributed by atoms with E-state index in [4.69, 9.17) is 4.98 Å². The highest BCUT2D eigenvalue weighted by Crippen LogP contribution is 2.57. The van der Waals surface area contributed by atoms with Crippen molar-refractivity contribution >= 4 is 0 Å². The van der Waals surface area contributed by atoms with Crippen LogP contribution >= 0.6 is 0 Å². The smallest absolute Gasteiger partial charge is 0.0478 e. The quantitative estimate of drug-likeness (QED) is 0.634. The van der Waals surface area contributed by atoms with Crippen LogP contribution in [0, 0.1) is 0 Å². The predicted octanol–water partition coefficient (Wildman–Crippen LogP) is 6.47. The number of rotatable bonds is 3. The minimum absolute atomic E-state index is 0.127. The van der Waals surface area contributed by atoms with Gasteiger partial charge in [-0.05, 0) is 57.4 Å². The molecule has 2 aromatic rings. The van der Waals surface area contributed by atoms with Crippen molar-refractivity contribution in [3.63, 3.8) is 0 Å². The third-order valence-corrected chi connectivity index (χ3v) is 5.56. The summed E-state index contributed by atoms with van der Waals surface area (Å²) < 4.78 is 0. The second kappa shape index (κ2) is 6.48. The summed E-state index contributed by atoms with van der Waals surface area (Å²) in [4.78, 5) is 9.43. The molecule has 1 aliphatic rings. The normalized spacial score (nSPS) is 20.5. The van der Waals surface area contributed by atoms with Crippen LogP contribution in [0.15, 0.2) is 30.7 Å². The van der Waals surface area contributed by atoms with Gasteiger partial charge in [0, 0.05) is 30.2 Å². The summed E-state index contributed by atoms with van der Waals surface area (Å²) in [6.45, 7) is 18.4. The molecule has 2 atom stereocenters. The lowest BCUT2D eigenvalue weighted by Gasteiger charge is -2.28. The van der Waals surface area contributed by atoms with Gasteiger partial charge in [0.2, 0.25) is 0 Å². The maximum absolute atomic E-state index is 4.81. The Morgan fingerprint density at radius 2 is 1.65 bits per heavy atom. The predicted molar refractivity (Wildman–Crippen MR) is 110 cm³/mol. The van der Waals surface area contributed by atoms with Gasteiger partial charge in [0.05, 0.1) is 0 Å². The highest BCUT2D eigenvalue weighted by atomic mass is 14.7. The zero-order valence-corrected chi connectivity index (χ0v) is 17.7. The minimum Gasteiger partial charge on any atom is -0.264 e. The third-order valence-electron chi connectivity index (χ3n) is 5.56. The first-order valence-electron chi connectivity index (χ1n) is 9.95. The number of aromatic nitrogens is 2. The highest BCUT2D eigenvalue weighted by molar-refractivity contribution is 5.47. The first-order chi connectivity index (χ1) is 12.0. The van der Waals surface area contributed by atoms with Crippen molar-refractivity contribution < 1.29 is 0 Å². The zero-order valence-electron chi connectivity index (χ0n) is 17.7. The summed E-state index contributed by atoms with van der Waals surface area (Å²) in [5, 5.41) is 0. The van der Waals surface area contributed by atoms with E-state index in [1.165, 1.54) is 34.4 Å². The Balaban J connectivity index is 2.04. The summed E-state index contributed by atoms with van der Waals surface area (Å²) in [5.74, 6) is 1.57. The van der Waals surface area contributed by atoms with Crippen LogP contribution in [0.1, 0.15) is 108 Å². The van der Waals surface area contributed by atoms with Crippen LogP contribution in [0.4, 0.5) is 0 Å². The van der Waals surface area contributed by atoms with E-state index in [0.29, 0.717) is 17.8 Å². The Morgan fingerprint density at radius 1 is 0.962 bits per heavy atom. The van der Waals surface area contributed by atoms with Gasteiger partial charge in [0.25, 0.3) is 0 Å². The van der Waals surface area contributed by atoms with Crippen LogP contribution < -0.4 is 0 Å². The molecule has 0 aromatic carbocycles. The number of hydrogen-bond acceptors (Lipinski definition) is 2. The molecule has 0 spiro atoms. The second-order valence-electron chi connectivity index (χ2n) is 10.2. The van der Waals surface area contributed by atoms with Crippen LogP contribution in [0.25, 0.3) is 0 Å². The monoisotopic (exact) mass is 350 g/mol. The molecule has 1 aliphatic carbocycles. The van der Waals surface area contributed by atoms with Gasteiger partial charge in [0.1, 0.15) is 0 Å². The Bertz CT molecular complexity index is 791. The first-order valence-corrected chi connectivity index (χ1v) is 9.95. The van der Waals surface area contributed by atoms with Crippen LogP contribution in [0.2, 0.25) is 0 Å². The van der Waals surface area contributed by atoms with E-state index in [0.717, 1.165) is 0 Å². The first kappa shape index (κ1) is 19.1. The maximum Gasteiger partial charge on any atom is 0.0478 e. The number of pyridine rings is 2. The Morgan fingerprint density at radius 3 is 2.23 bits per heavy atom. The van der Waals surface area contributed by atoms with Gasteiger partial charge in [-0.3, -0.25) is 9.97 Å². The zero-order chi connectivity index (χ0) is 19.3. The lowest BCUT2D eigenvalue weighted by atomic mass is 9.77. The molecule has 0 N–H and O–H groups in total. The second-order valence-corrected chi connectivity index (χ2v) is 10.2. The summed E-state index contributed by atoms with van der Waals surface area (Å²) in [6, 6.07) is 4.33. The van der Waals surface area contributed by atoms with Gasteiger partial charge in [-0.1, -0.05) is 61.5 Å². The van der Waals surface area contributed by atoms with Gasteiger partial charge >= 0.3 is 0 Å². The fourth-order valence-electron chi connectivity index (χ4n) is 4.27. The van der Waals surface area contributed by atoms with E-state index < -0.39 is 0 Å². The molecule has 0 saturated heterocycles. The van der Waals surface area contributed by atoms with Crippen molar-refractivity contribution in [2.45, 2.75) is 90.4 Å². The average Bonchev–Trinajstić information content (AvgIpc) is 3.33. The fraction of sp³-hybridized carbons (Fsp3) is 0.583. The standard InChI is InChI=1S/C24H34N2/c1-15(2)18-13-25-14-19(21(18)24(6,7)8)16-12-17(16)22-20(23(3,4)5)10-9-11-26-22/h9-11,13-17H,12H2,1-8H3. The Labute approximate surface area is 159 Å². The molecule has 0 bridgehead atoms. The van der Waals surface area contributed by atoms with Crippen LogP contribution in [0.5, 0.6) is 0 Å². The molecular weight excluding hydrogens is 316 g/mol. The van der Waals surface area contributed by atoms with Gasteiger partial charge < -0.3 is 0 Å². The lowest BCUT2D eigenvalue weighted by molar-refractivity contribution is 0.564. The highest BCUT2D eigenvalue weighted by Gasteiger charge is 2.45. The molecule has 0 aliphatic heterocycles. The van der Waals surface area contributed by atoms with Gasteiger partial charge in [0.15, 0.2) is 0 Å². The van der Waals surface area contributed by atoms with Gasteiger partial charge in [-0.2, -0.15) is 0 Å². The summed E-state index contributed by atoms with van der Waals surface area (Å²) in [7, 11) is 0. The van der Waals surface area contributed by atoms with Crippen LogP contribution in [-0.2, 0) is 10.8 Å². The van der Waals surface area contributed by atoms with Crippen molar-refractivity contribution in [1.82, 2.24) is 9.97 Å². The average molecular weight is 351 g/mol. The largest absolute Gasteiger partial charge is 0.264 e. The lowest BCUT2D eigenvalue weighted by Crippen LogP contribution is -2.19. The molecule has 1 saturated carbocycles.